The molecule has 25 heavy (non-hydrogen) atoms. The van der Waals surface area contributed by atoms with E-state index in [0.717, 1.165) is 38.4 Å². The van der Waals surface area contributed by atoms with E-state index in [9.17, 15) is 4.79 Å². The molecule has 0 unspecified atom stereocenters. The maximum atomic E-state index is 11.9. The van der Waals surface area contributed by atoms with Gasteiger partial charge in [0.05, 0.1) is 19.0 Å². The first-order valence-electron chi connectivity index (χ1n) is 8.20. The Morgan fingerprint density at radius 2 is 1.96 bits per heavy atom. The standard InChI is InChI=1S/C16H22N6O2S/c1-21-16(18-19-20-21)25-12-15(23)17-10-13-2-4-14(5-3-13)11-22-6-8-24-9-7-22/h2-5H,6-12H2,1H3,(H,17,23). The average Bonchev–Trinajstić information content (AvgIpc) is 3.05. The lowest BCUT2D eigenvalue weighted by atomic mass is 10.1. The van der Waals surface area contributed by atoms with Crippen LogP contribution in [0.5, 0.6) is 0 Å². The van der Waals surface area contributed by atoms with Crippen molar-refractivity contribution in [3.05, 3.63) is 35.4 Å². The highest BCUT2D eigenvalue weighted by atomic mass is 32.2. The fourth-order valence-electron chi connectivity index (χ4n) is 2.51. The third kappa shape index (κ3) is 5.52. The van der Waals surface area contributed by atoms with Gasteiger partial charge in [-0.05, 0) is 21.6 Å². The summed E-state index contributed by atoms with van der Waals surface area (Å²) < 4.78 is 6.91. The number of carbonyl (C=O) groups excluding carboxylic acids is 1. The van der Waals surface area contributed by atoms with E-state index in [1.165, 1.54) is 17.3 Å². The van der Waals surface area contributed by atoms with Gasteiger partial charge >= 0.3 is 0 Å². The minimum absolute atomic E-state index is 0.0367. The fourth-order valence-corrected chi connectivity index (χ4v) is 3.19. The molecule has 1 N–H and O–H groups in total. The Morgan fingerprint density at radius 3 is 2.64 bits per heavy atom. The van der Waals surface area contributed by atoms with Crippen LogP contribution in [0.25, 0.3) is 0 Å². The number of carbonyl (C=O) groups is 1. The van der Waals surface area contributed by atoms with Crippen molar-refractivity contribution in [2.45, 2.75) is 18.2 Å². The van der Waals surface area contributed by atoms with Gasteiger partial charge in [0.25, 0.3) is 0 Å². The van der Waals surface area contributed by atoms with Crippen molar-refractivity contribution in [3.8, 4) is 0 Å². The predicted octanol–water partition coefficient (Wildman–Crippen LogP) is 0.451. The van der Waals surface area contributed by atoms with Gasteiger partial charge < -0.3 is 10.1 Å². The van der Waals surface area contributed by atoms with E-state index in [2.05, 4.69) is 50.0 Å². The van der Waals surface area contributed by atoms with Crippen LogP contribution in [0.4, 0.5) is 0 Å². The number of aromatic nitrogens is 4. The minimum atomic E-state index is -0.0367. The lowest BCUT2D eigenvalue weighted by Crippen LogP contribution is -2.35. The second-order valence-electron chi connectivity index (χ2n) is 5.86. The van der Waals surface area contributed by atoms with Crippen LogP contribution in [-0.2, 0) is 29.7 Å². The number of hydrogen-bond donors (Lipinski definition) is 1. The Hall–Kier alpha value is -1.97. The highest BCUT2D eigenvalue weighted by Gasteiger charge is 2.11. The number of nitrogens with one attached hydrogen (secondary N) is 1. The van der Waals surface area contributed by atoms with Gasteiger partial charge in [-0.3, -0.25) is 9.69 Å². The summed E-state index contributed by atoms with van der Waals surface area (Å²) in [5.41, 5.74) is 2.37. The molecule has 2 aromatic rings. The summed E-state index contributed by atoms with van der Waals surface area (Å²) in [5.74, 6) is 0.258. The highest BCUT2D eigenvalue weighted by Crippen LogP contribution is 2.12. The van der Waals surface area contributed by atoms with Crippen LogP contribution in [0, 0.1) is 0 Å². The number of hydrogen-bond acceptors (Lipinski definition) is 7. The maximum Gasteiger partial charge on any atom is 0.230 e. The molecule has 1 aliphatic rings. The second-order valence-corrected chi connectivity index (χ2v) is 6.80. The van der Waals surface area contributed by atoms with E-state index in [4.69, 9.17) is 4.74 Å². The van der Waals surface area contributed by atoms with Crippen molar-refractivity contribution < 1.29 is 9.53 Å². The van der Waals surface area contributed by atoms with Crippen molar-refractivity contribution >= 4 is 17.7 Å². The topological polar surface area (TPSA) is 85.2 Å². The molecular weight excluding hydrogens is 340 g/mol. The van der Waals surface area contributed by atoms with E-state index in [1.807, 2.05) is 0 Å². The molecule has 134 valence electrons. The lowest BCUT2D eigenvalue weighted by Gasteiger charge is -2.26. The van der Waals surface area contributed by atoms with Gasteiger partial charge in [-0.2, -0.15) is 0 Å². The normalized spacial score (nSPS) is 15.2. The van der Waals surface area contributed by atoms with Crippen LogP contribution in [0.2, 0.25) is 0 Å². The van der Waals surface area contributed by atoms with Gasteiger partial charge in [0.2, 0.25) is 11.1 Å². The molecule has 3 rings (SSSR count). The lowest BCUT2D eigenvalue weighted by molar-refractivity contribution is -0.118. The van der Waals surface area contributed by atoms with Crippen molar-refractivity contribution in [1.82, 2.24) is 30.4 Å². The first-order valence-corrected chi connectivity index (χ1v) is 9.19. The number of benzene rings is 1. The molecule has 1 saturated heterocycles. The van der Waals surface area contributed by atoms with Crippen molar-refractivity contribution in [2.24, 2.45) is 7.05 Å². The smallest absolute Gasteiger partial charge is 0.230 e. The number of rotatable bonds is 7. The van der Waals surface area contributed by atoms with E-state index in [0.29, 0.717) is 17.5 Å². The average molecular weight is 362 g/mol. The number of nitrogens with zero attached hydrogens (tertiary/aromatic N) is 5. The summed E-state index contributed by atoms with van der Waals surface area (Å²) in [7, 11) is 1.75. The molecule has 0 spiro atoms. The quantitative estimate of drug-likeness (QED) is 0.716. The third-order valence-electron chi connectivity index (χ3n) is 3.94. The summed E-state index contributed by atoms with van der Waals surface area (Å²) in [5, 5.41) is 14.7. The third-order valence-corrected chi connectivity index (χ3v) is 4.95. The SMILES string of the molecule is Cn1nnnc1SCC(=O)NCc1ccc(CN2CCOCC2)cc1. The van der Waals surface area contributed by atoms with Crippen LogP contribution in [-0.4, -0.2) is 63.1 Å². The van der Waals surface area contributed by atoms with Gasteiger partial charge in [0, 0.05) is 33.2 Å². The second kappa shape index (κ2) is 8.93. The highest BCUT2D eigenvalue weighted by molar-refractivity contribution is 7.99. The molecule has 1 aliphatic heterocycles. The van der Waals surface area contributed by atoms with Crippen LogP contribution < -0.4 is 5.32 Å². The Balaban J connectivity index is 1.40. The molecule has 1 aromatic heterocycles. The molecule has 0 atom stereocenters. The molecule has 1 aromatic carbocycles. The molecular formula is C16H22N6O2S. The summed E-state index contributed by atoms with van der Waals surface area (Å²) in [4.78, 5) is 14.3. The molecule has 0 aliphatic carbocycles. The number of tetrazole rings is 1. The Morgan fingerprint density at radius 1 is 1.24 bits per heavy atom. The van der Waals surface area contributed by atoms with E-state index < -0.39 is 0 Å². The summed E-state index contributed by atoms with van der Waals surface area (Å²) in [6, 6.07) is 8.37. The van der Waals surface area contributed by atoms with Crippen LogP contribution >= 0.6 is 11.8 Å². The minimum Gasteiger partial charge on any atom is -0.379 e. The molecule has 2 heterocycles. The summed E-state index contributed by atoms with van der Waals surface area (Å²) in [6.07, 6.45) is 0. The van der Waals surface area contributed by atoms with E-state index in [-0.39, 0.29) is 5.91 Å². The van der Waals surface area contributed by atoms with Gasteiger partial charge in [-0.15, -0.1) is 5.10 Å². The van der Waals surface area contributed by atoms with Crippen molar-refractivity contribution in [3.63, 3.8) is 0 Å². The molecule has 9 heteroatoms. The number of amides is 1. The Labute approximate surface area is 150 Å². The molecule has 0 saturated carbocycles. The molecule has 1 amide bonds. The number of ether oxygens (including phenoxy) is 1. The monoisotopic (exact) mass is 362 g/mol. The first-order chi connectivity index (χ1) is 12.2. The van der Waals surface area contributed by atoms with E-state index in [1.54, 1.807) is 11.7 Å². The van der Waals surface area contributed by atoms with Crippen molar-refractivity contribution in [1.29, 1.82) is 0 Å². The molecule has 1 fully saturated rings. The van der Waals surface area contributed by atoms with Crippen molar-refractivity contribution in [2.75, 3.05) is 32.1 Å². The summed E-state index contributed by atoms with van der Waals surface area (Å²) >= 11 is 1.32. The van der Waals surface area contributed by atoms with Gasteiger partial charge in [-0.1, -0.05) is 36.0 Å². The number of thioether (sulfide) groups is 1. The molecule has 8 nitrogen and oxygen atoms in total. The molecule has 0 radical (unpaired) electrons. The number of morpholine rings is 1. The zero-order valence-corrected chi connectivity index (χ0v) is 15.0. The first kappa shape index (κ1) is 17.8. The van der Waals surface area contributed by atoms with Crippen LogP contribution in [0.15, 0.2) is 29.4 Å². The van der Waals surface area contributed by atoms with Crippen LogP contribution in [0.3, 0.4) is 0 Å². The maximum absolute atomic E-state index is 11.9. The van der Waals surface area contributed by atoms with E-state index >= 15 is 0 Å². The Bertz CT molecular complexity index is 684. The summed E-state index contributed by atoms with van der Waals surface area (Å²) in [6.45, 7) is 5.05. The van der Waals surface area contributed by atoms with Gasteiger partial charge in [-0.25, -0.2) is 4.68 Å². The van der Waals surface area contributed by atoms with Gasteiger partial charge in [0.15, 0.2) is 0 Å². The number of aryl methyl sites for hydroxylation is 1. The largest absolute Gasteiger partial charge is 0.379 e. The zero-order chi connectivity index (χ0) is 17.5. The molecule has 0 bridgehead atoms. The Kier molecular flexibility index (Phi) is 6.37. The zero-order valence-electron chi connectivity index (χ0n) is 14.2. The predicted molar refractivity (Wildman–Crippen MR) is 93.9 cm³/mol. The van der Waals surface area contributed by atoms with Crippen LogP contribution in [0.1, 0.15) is 11.1 Å². The fraction of sp³-hybridized carbons (Fsp3) is 0.500. The van der Waals surface area contributed by atoms with Gasteiger partial charge in [0.1, 0.15) is 0 Å².